The lowest BCUT2D eigenvalue weighted by molar-refractivity contribution is -0.137. The third-order valence-electron chi connectivity index (χ3n) is 3.33. The van der Waals surface area contributed by atoms with Gasteiger partial charge < -0.3 is 15.2 Å². The quantitative estimate of drug-likeness (QED) is 0.525. The number of carboxylic acid groups (broad SMARTS) is 1. The third-order valence-corrected chi connectivity index (χ3v) is 4.19. The van der Waals surface area contributed by atoms with Crippen LogP contribution in [0.4, 0.5) is 18.9 Å². The van der Waals surface area contributed by atoms with Crippen LogP contribution in [0.2, 0.25) is 0 Å². The average molecular weight is 371 g/mol. The molecule has 0 unspecified atom stereocenters. The minimum absolute atomic E-state index is 0.0194. The van der Waals surface area contributed by atoms with Crippen LogP contribution in [0.25, 0.3) is 0 Å². The summed E-state index contributed by atoms with van der Waals surface area (Å²) in [6.45, 7) is 0. The first-order valence-electron chi connectivity index (χ1n) is 7.14. The molecule has 0 aliphatic carbocycles. The van der Waals surface area contributed by atoms with Crippen molar-refractivity contribution in [3.8, 4) is 5.75 Å². The number of alkyl halides is 3. The van der Waals surface area contributed by atoms with Gasteiger partial charge in [-0.25, -0.2) is 4.79 Å². The molecular formula is C17H16F3NO3S. The summed E-state index contributed by atoms with van der Waals surface area (Å²) in [5, 5.41) is 12.2. The molecule has 0 spiro atoms. The van der Waals surface area contributed by atoms with E-state index in [1.807, 2.05) is 0 Å². The summed E-state index contributed by atoms with van der Waals surface area (Å²) in [4.78, 5) is 11.3. The summed E-state index contributed by atoms with van der Waals surface area (Å²) in [6, 6.07) is 9.76. The van der Waals surface area contributed by atoms with Crippen LogP contribution < -0.4 is 10.1 Å². The van der Waals surface area contributed by atoms with Crippen molar-refractivity contribution in [1.82, 2.24) is 0 Å². The van der Waals surface area contributed by atoms with E-state index >= 15 is 0 Å². The Morgan fingerprint density at radius 1 is 1.24 bits per heavy atom. The van der Waals surface area contributed by atoms with Gasteiger partial charge >= 0.3 is 12.1 Å². The van der Waals surface area contributed by atoms with Gasteiger partial charge in [0.25, 0.3) is 0 Å². The van der Waals surface area contributed by atoms with Gasteiger partial charge in [-0.15, -0.1) is 0 Å². The van der Waals surface area contributed by atoms with Crippen LogP contribution in [0.15, 0.2) is 42.5 Å². The van der Waals surface area contributed by atoms with Gasteiger partial charge in [-0.05, 0) is 29.8 Å². The second-order valence-corrected chi connectivity index (χ2v) is 5.94. The van der Waals surface area contributed by atoms with Gasteiger partial charge in [0.1, 0.15) is 11.3 Å². The number of hydrogen-bond donors (Lipinski definition) is 3. The van der Waals surface area contributed by atoms with Gasteiger partial charge in [0.15, 0.2) is 0 Å². The van der Waals surface area contributed by atoms with Crippen molar-refractivity contribution >= 4 is 28.5 Å². The molecule has 0 fully saturated rings. The molecule has 2 N–H and O–H groups in total. The van der Waals surface area contributed by atoms with Gasteiger partial charge in [-0.2, -0.15) is 24.5 Å². The molecule has 0 bridgehead atoms. The van der Waals surface area contributed by atoms with E-state index in [-0.39, 0.29) is 11.3 Å². The largest absolute Gasteiger partial charge is 0.496 e. The standard InChI is InChI=1S/C17H16F3NO3S/c1-24-14-4-2-3-13(15(14)16(22)23)21-10-25-9-11-5-7-12(8-6-11)17(18,19)20/h2-8,10,21,25H,9H2,1H3,(H,22,23). The number of methoxy groups -OCH3 is 1. The fraction of sp³-hybridized carbons (Fsp3) is 0.176. The number of rotatable bonds is 6. The molecule has 8 heteroatoms. The lowest BCUT2D eigenvalue weighted by Crippen LogP contribution is -2.06. The smallest absolute Gasteiger partial charge is 0.416 e. The number of nitrogens with one attached hydrogen (secondary N) is 1. The van der Waals surface area contributed by atoms with Crippen LogP contribution in [-0.2, 0) is 11.9 Å². The lowest BCUT2D eigenvalue weighted by Gasteiger charge is -2.10. The second-order valence-electron chi connectivity index (χ2n) is 5.00. The zero-order valence-electron chi connectivity index (χ0n) is 13.2. The number of carbonyl (C=O) groups is 1. The highest BCUT2D eigenvalue weighted by Gasteiger charge is 2.29. The first kappa shape index (κ1) is 18.9. The summed E-state index contributed by atoms with van der Waals surface area (Å²) in [5.74, 6) is -0.379. The Hall–Kier alpha value is -2.48. The molecular weight excluding hydrogens is 355 g/mol. The van der Waals surface area contributed by atoms with Crippen molar-refractivity contribution in [3.63, 3.8) is 0 Å². The van der Waals surface area contributed by atoms with E-state index in [9.17, 15) is 23.1 Å². The Kier molecular flexibility index (Phi) is 6.08. The van der Waals surface area contributed by atoms with E-state index in [2.05, 4.69) is 5.32 Å². The highest BCUT2D eigenvalue weighted by molar-refractivity contribution is 7.96. The zero-order chi connectivity index (χ0) is 18.4. The van der Waals surface area contributed by atoms with Crippen LogP contribution >= 0.6 is 11.4 Å². The van der Waals surface area contributed by atoms with Gasteiger partial charge in [-0.3, -0.25) is 0 Å². The molecule has 2 rings (SSSR count). The summed E-state index contributed by atoms with van der Waals surface area (Å²) in [5.41, 5.74) is 2.10. The summed E-state index contributed by atoms with van der Waals surface area (Å²) >= 11 is 0.776. The van der Waals surface area contributed by atoms with Crippen molar-refractivity contribution < 1.29 is 27.8 Å². The molecule has 0 saturated carbocycles. The maximum absolute atomic E-state index is 12.5. The molecule has 25 heavy (non-hydrogen) atoms. The van der Waals surface area contributed by atoms with E-state index in [1.165, 1.54) is 19.2 Å². The summed E-state index contributed by atoms with van der Waals surface area (Å²) in [7, 11) is 1.39. The Morgan fingerprint density at radius 3 is 2.48 bits per heavy atom. The molecule has 0 aromatic heterocycles. The Balaban J connectivity index is 2.04. The number of carboxylic acids is 1. The highest BCUT2D eigenvalue weighted by atomic mass is 32.1. The molecule has 0 saturated heterocycles. The van der Waals surface area contributed by atoms with Crippen molar-refractivity contribution in [1.29, 1.82) is 0 Å². The molecule has 0 aliphatic heterocycles. The van der Waals surface area contributed by atoms with Crippen LogP contribution in [0.3, 0.4) is 0 Å². The normalized spacial score (nSPS) is 11.8. The number of thiol groups is 1. The monoisotopic (exact) mass is 371 g/mol. The van der Waals surface area contributed by atoms with Crippen molar-refractivity contribution in [3.05, 3.63) is 59.2 Å². The van der Waals surface area contributed by atoms with E-state index < -0.39 is 17.7 Å². The predicted octanol–water partition coefficient (Wildman–Crippen LogP) is 4.25. The summed E-state index contributed by atoms with van der Waals surface area (Å²) in [6.07, 6.45) is -4.34. The Morgan fingerprint density at radius 2 is 1.92 bits per heavy atom. The van der Waals surface area contributed by atoms with E-state index in [4.69, 9.17) is 4.74 Å². The number of hydrogen-bond acceptors (Lipinski definition) is 2. The Bertz CT molecular complexity index is 774. The average Bonchev–Trinajstić information content (AvgIpc) is 2.57. The van der Waals surface area contributed by atoms with Crippen molar-refractivity contribution in [2.24, 2.45) is 0 Å². The van der Waals surface area contributed by atoms with Gasteiger partial charge in [0.05, 0.1) is 18.4 Å². The number of anilines is 1. The molecule has 134 valence electrons. The topological polar surface area (TPSA) is 58.6 Å². The molecule has 0 atom stereocenters. The van der Waals surface area contributed by atoms with Crippen molar-refractivity contribution in [2.45, 2.75) is 11.9 Å². The van der Waals surface area contributed by atoms with Crippen LogP contribution in [0.1, 0.15) is 21.5 Å². The van der Waals surface area contributed by atoms with E-state index in [0.717, 1.165) is 29.0 Å². The van der Waals surface area contributed by atoms with Gasteiger partial charge in [0.2, 0.25) is 0 Å². The fourth-order valence-corrected chi connectivity index (χ4v) is 2.85. The summed E-state index contributed by atoms with van der Waals surface area (Å²) < 4.78 is 42.5. The molecule has 0 radical (unpaired) electrons. The predicted molar refractivity (Wildman–Crippen MR) is 93.8 cm³/mol. The zero-order valence-corrected chi connectivity index (χ0v) is 14.1. The van der Waals surface area contributed by atoms with Crippen LogP contribution in [0.5, 0.6) is 5.75 Å². The molecule has 0 aliphatic rings. The highest BCUT2D eigenvalue weighted by Crippen LogP contribution is 2.29. The van der Waals surface area contributed by atoms with E-state index in [1.54, 1.807) is 23.7 Å². The molecule has 0 amide bonds. The first-order valence-corrected chi connectivity index (χ1v) is 8.29. The maximum atomic E-state index is 12.5. The van der Waals surface area contributed by atoms with E-state index in [0.29, 0.717) is 11.4 Å². The lowest BCUT2D eigenvalue weighted by atomic mass is 10.1. The van der Waals surface area contributed by atoms with Gasteiger partial charge in [0, 0.05) is 11.2 Å². The number of ether oxygens (including phenoxy) is 1. The first-order chi connectivity index (χ1) is 11.8. The number of halogens is 3. The minimum Gasteiger partial charge on any atom is -0.496 e. The van der Waals surface area contributed by atoms with Crippen LogP contribution in [0, 0.1) is 0 Å². The van der Waals surface area contributed by atoms with Crippen molar-refractivity contribution in [2.75, 3.05) is 12.4 Å². The molecule has 2 aromatic carbocycles. The number of benzene rings is 2. The van der Waals surface area contributed by atoms with Gasteiger partial charge in [-0.1, -0.05) is 18.2 Å². The number of aromatic carboxylic acids is 1. The maximum Gasteiger partial charge on any atom is 0.416 e. The molecule has 2 aromatic rings. The fourth-order valence-electron chi connectivity index (χ4n) is 2.11. The molecule has 4 nitrogen and oxygen atoms in total. The third kappa shape index (κ3) is 4.99. The molecule has 0 heterocycles. The van der Waals surface area contributed by atoms with Crippen LogP contribution in [-0.4, -0.2) is 23.7 Å². The second kappa shape index (κ2) is 8.06. The SMILES string of the molecule is COc1cccc(NC=[SH]Cc2ccc(C(F)(F)F)cc2)c1C(=O)O. The minimum atomic E-state index is -4.34. The Labute approximate surface area is 146 Å².